The van der Waals surface area contributed by atoms with Gasteiger partial charge >= 0.3 is 5.97 Å². The molecule has 1 amide bonds. The zero-order valence-corrected chi connectivity index (χ0v) is 14.0. The fourth-order valence-electron chi connectivity index (χ4n) is 3.00. The zero-order chi connectivity index (χ0) is 17.1. The van der Waals surface area contributed by atoms with E-state index < -0.39 is 12.1 Å². The van der Waals surface area contributed by atoms with Crippen LogP contribution >= 0.6 is 0 Å². The summed E-state index contributed by atoms with van der Waals surface area (Å²) in [7, 11) is 0. The van der Waals surface area contributed by atoms with Crippen molar-refractivity contribution in [3.63, 3.8) is 0 Å². The lowest BCUT2D eigenvalue weighted by Crippen LogP contribution is -2.40. The summed E-state index contributed by atoms with van der Waals surface area (Å²) in [4.78, 5) is 24.4. The minimum absolute atomic E-state index is 0.207. The van der Waals surface area contributed by atoms with Crippen LogP contribution in [-0.2, 0) is 16.1 Å². The molecule has 0 saturated heterocycles. The third-order valence-corrected chi connectivity index (χ3v) is 4.40. The summed E-state index contributed by atoms with van der Waals surface area (Å²) in [5.41, 5.74) is 1.86. The Balaban J connectivity index is 1.64. The van der Waals surface area contributed by atoms with E-state index in [-0.39, 0.29) is 11.9 Å². The normalized spacial score (nSPS) is 16.2. The zero-order valence-electron chi connectivity index (χ0n) is 14.0. The first-order valence-corrected chi connectivity index (χ1v) is 8.43. The molecule has 1 N–H and O–H groups in total. The average molecular weight is 330 g/mol. The van der Waals surface area contributed by atoms with E-state index in [0.717, 1.165) is 31.2 Å². The minimum atomic E-state index is -0.819. The number of fused-ring (bicyclic) bond motifs is 1. The molecule has 1 aromatic heterocycles. The Hall–Kier alpha value is -2.44. The van der Waals surface area contributed by atoms with Crippen LogP contribution in [0.3, 0.4) is 0 Å². The van der Waals surface area contributed by atoms with Gasteiger partial charge in [-0.15, -0.1) is 5.10 Å². The molecule has 7 nitrogen and oxygen atoms in total. The van der Waals surface area contributed by atoms with Gasteiger partial charge in [-0.2, -0.15) is 0 Å². The highest BCUT2D eigenvalue weighted by molar-refractivity contribution is 5.95. The first-order chi connectivity index (χ1) is 11.6. The van der Waals surface area contributed by atoms with Crippen LogP contribution in [0.5, 0.6) is 0 Å². The molecule has 7 heteroatoms. The number of aryl methyl sites for hydroxylation is 1. The predicted octanol–water partition coefficient (Wildman–Crippen LogP) is 2.06. The van der Waals surface area contributed by atoms with Crippen LogP contribution in [-0.4, -0.2) is 39.0 Å². The molecule has 0 unspecified atom stereocenters. The molecule has 24 heavy (non-hydrogen) atoms. The van der Waals surface area contributed by atoms with Gasteiger partial charge in [-0.3, -0.25) is 4.79 Å². The molecular weight excluding hydrogens is 308 g/mol. The highest BCUT2D eigenvalue weighted by Gasteiger charge is 2.23. The van der Waals surface area contributed by atoms with E-state index in [0.29, 0.717) is 17.6 Å². The van der Waals surface area contributed by atoms with Crippen molar-refractivity contribution in [3.8, 4) is 0 Å². The van der Waals surface area contributed by atoms with Crippen LogP contribution in [0.25, 0.3) is 11.0 Å². The van der Waals surface area contributed by atoms with Gasteiger partial charge in [-0.25, -0.2) is 9.48 Å². The van der Waals surface area contributed by atoms with E-state index in [1.165, 1.54) is 0 Å². The first kappa shape index (κ1) is 16.4. The van der Waals surface area contributed by atoms with Crippen molar-refractivity contribution < 1.29 is 14.3 Å². The van der Waals surface area contributed by atoms with Crippen molar-refractivity contribution in [1.29, 1.82) is 0 Å². The van der Waals surface area contributed by atoms with Crippen molar-refractivity contribution in [2.45, 2.75) is 58.2 Å². The van der Waals surface area contributed by atoms with Crippen LogP contribution in [0.4, 0.5) is 0 Å². The Labute approximate surface area is 140 Å². The van der Waals surface area contributed by atoms with Gasteiger partial charge in [0, 0.05) is 12.6 Å². The third kappa shape index (κ3) is 3.39. The second-order valence-corrected chi connectivity index (χ2v) is 6.15. The van der Waals surface area contributed by atoms with E-state index in [2.05, 4.69) is 15.6 Å². The number of rotatable bonds is 5. The molecule has 0 spiro atoms. The molecular formula is C17H22N4O3. The van der Waals surface area contributed by atoms with Crippen LogP contribution in [0.15, 0.2) is 18.2 Å². The Morgan fingerprint density at radius 1 is 1.38 bits per heavy atom. The molecule has 0 bridgehead atoms. The van der Waals surface area contributed by atoms with Gasteiger partial charge in [0.25, 0.3) is 5.91 Å². The van der Waals surface area contributed by atoms with Gasteiger partial charge in [-0.05, 0) is 44.9 Å². The van der Waals surface area contributed by atoms with E-state index >= 15 is 0 Å². The van der Waals surface area contributed by atoms with Crippen LogP contribution in [0, 0.1) is 0 Å². The molecule has 1 aliphatic carbocycles. The van der Waals surface area contributed by atoms with Gasteiger partial charge in [-0.1, -0.05) is 18.1 Å². The average Bonchev–Trinajstić information content (AvgIpc) is 3.22. The second-order valence-electron chi connectivity index (χ2n) is 6.15. The van der Waals surface area contributed by atoms with Crippen LogP contribution < -0.4 is 5.32 Å². The monoisotopic (exact) mass is 330 g/mol. The highest BCUT2D eigenvalue weighted by Crippen LogP contribution is 2.18. The molecule has 3 rings (SSSR count). The molecule has 2 aromatic rings. The largest absolute Gasteiger partial charge is 0.449 e. The Morgan fingerprint density at radius 3 is 2.83 bits per heavy atom. The topological polar surface area (TPSA) is 86.1 Å². The summed E-state index contributed by atoms with van der Waals surface area (Å²) in [5, 5.41) is 11.0. The predicted molar refractivity (Wildman–Crippen MR) is 88.5 cm³/mol. The standard InChI is InChI=1S/C17H22N4O3/c1-3-21-15-9-8-12(10-14(15)19-20-21)17(23)24-11(2)16(22)18-13-6-4-5-7-13/h8-11,13H,3-7H2,1-2H3,(H,18,22)/t11-/m1/s1. The number of aromatic nitrogens is 3. The number of carbonyl (C=O) groups is 2. The van der Waals surface area contributed by atoms with Gasteiger partial charge in [0.2, 0.25) is 0 Å². The van der Waals surface area contributed by atoms with E-state index in [9.17, 15) is 9.59 Å². The van der Waals surface area contributed by atoms with Crippen molar-refractivity contribution in [2.24, 2.45) is 0 Å². The van der Waals surface area contributed by atoms with E-state index in [4.69, 9.17) is 4.74 Å². The number of ether oxygens (including phenoxy) is 1. The summed E-state index contributed by atoms with van der Waals surface area (Å²) in [6.45, 7) is 4.27. The highest BCUT2D eigenvalue weighted by atomic mass is 16.5. The summed E-state index contributed by atoms with van der Waals surface area (Å²) in [6.07, 6.45) is 3.45. The summed E-state index contributed by atoms with van der Waals surface area (Å²) in [6, 6.07) is 5.30. The Kier molecular flexibility index (Phi) is 4.78. The molecule has 1 saturated carbocycles. The summed E-state index contributed by atoms with van der Waals surface area (Å²) in [5.74, 6) is -0.773. The maximum Gasteiger partial charge on any atom is 0.338 e. The number of benzene rings is 1. The smallest absolute Gasteiger partial charge is 0.338 e. The lowest BCUT2D eigenvalue weighted by Gasteiger charge is -2.17. The van der Waals surface area contributed by atoms with E-state index in [1.54, 1.807) is 29.8 Å². The number of hydrogen-bond acceptors (Lipinski definition) is 5. The van der Waals surface area contributed by atoms with Crippen molar-refractivity contribution in [1.82, 2.24) is 20.3 Å². The Bertz CT molecular complexity index is 749. The summed E-state index contributed by atoms with van der Waals surface area (Å²) >= 11 is 0. The first-order valence-electron chi connectivity index (χ1n) is 8.43. The number of nitrogens with zero attached hydrogens (tertiary/aromatic N) is 3. The number of hydrogen-bond donors (Lipinski definition) is 1. The molecule has 1 heterocycles. The molecule has 0 radical (unpaired) electrons. The number of nitrogens with one attached hydrogen (secondary N) is 1. The molecule has 1 aromatic carbocycles. The van der Waals surface area contributed by atoms with Crippen molar-refractivity contribution in [2.75, 3.05) is 0 Å². The molecule has 1 fully saturated rings. The van der Waals surface area contributed by atoms with Gasteiger partial charge in [0.15, 0.2) is 6.10 Å². The molecule has 0 aliphatic heterocycles. The molecule has 128 valence electrons. The summed E-state index contributed by atoms with van der Waals surface area (Å²) < 4.78 is 7.04. The Morgan fingerprint density at radius 2 is 2.12 bits per heavy atom. The third-order valence-electron chi connectivity index (χ3n) is 4.40. The lowest BCUT2D eigenvalue weighted by atomic mass is 10.2. The van der Waals surface area contributed by atoms with Gasteiger partial charge in [0.05, 0.1) is 11.1 Å². The van der Waals surface area contributed by atoms with Gasteiger partial charge < -0.3 is 10.1 Å². The quantitative estimate of drug-likeness (QED) is 0.848. The van der Waals surface area contributed by atoms with Crippen molar-refractivity contribution in [3.05, 3.63) is 23.8 Å². The number of carbonyl (C=O) groups excluding carboxylic acids is 2. The van der Waals surface area contributed by atoms with Crippen molar-refractivity contribution >= 4 is 22.9 Å². The SMILES string of the molecule is CCn1nnc2cc(C(=O)O[C@H](C)C(=O)NC3CCCC3)ccc21. The number of amides is 1. The minimum Gasteiger partial charge on any atom is -0.449 e. The fraction of sp³-hybridized carbons (Fsp3) is 0.529. The van der Waals surface area contributed by atoms with Crippen LogP contribution in [0.2, 0.25) is 0 Å². The van der Waals surface area contributed by atoms with Gasteiger partial charge in [0.1, 0.15) is 5.52 Å². The maximum absolute atomic E-state index is 12.3. The molecule has 1 atom stereocenters. The second kappa shape index (κ2) is 6.98. The van der Waals surface area contributed by atoms with E-state index in [1.807, 2.05) is 6.92 Å². The van der Waals surface area contributed by atoms with Crippen LogP contribution in [0.1, 0.15) is 49.9 Å². The number of esters is 1. The maximum atomic E-state index is 12.3. The fourth-order valence-corrected chi connectivity index (χ4v) is 3.00. The lowest BCUT2D eigenvalue weighted by molar-refractivity contribution is -0.129. The molecule has 1 aliphatic rings.